The summed E-state index contributed by atoms with van der Waals surface area (Å²) in [4.78, 5) is 2.95. The highest BCUT2D eigenvalue weighted by molar-refractivity contribution is 5.88. The molecule has 4 heteroatoms. The number of aromatic amines is 1. The van der Waals surface area contributed by atoms with Crippen LogP contribution in [0.25, 0.3) is 10.9 Å². The second-order valence-corrected chi connectivity index (χ2v) is 4.34. The lowest BCUT2D eigenvalue weighted by Crippen LogP contribution is -2.05. The highest BCUT2D eigenvalue weighted by Gasteiger charge is 2.34. The molecule has 3 rings (SSSR count). The van der Waals surface area contributed by atoms with Gasteiger partial charge in [-0.2, -0.15) is 13.2 Å². The van der Waals surface area contributed by atoms with Crippen LogP contribution in [-0.4, -0.2) is 4.98 Å². The van der Waals surface area contributed by atoms with Gasteiger partial charge >= 0.3 is 6.18 Å². The van der Waals surface area contributed by atoms with Gasteiger partial charge in [-0.15, -0.1) is 0 Å². The fourth-order valence-corrected chi connectivity index (χ4v) is 2.50. The van der Waals surface area contributed by atoms with Crippen molar-refractivity contribution in [2.45, 2.75) is 25.4 Å². The van der Waals surface area contributed by atoms with E-state index in [-0.39, 0.29) is 5.52 Å². The normalized spacial score (nSPS) is 16.2. The molecule has 0 saturated heterocycles. The first kappa shape index (κ1) is 10.7. The lowest BCUT2D eigenvalue weighted by Gasteiger charge is -2.10. The molecule has 0 bridgehead atoms. The summed E-state index contributed by atoms with van der Waals surface area (Å²) >= 11 is 0. The molecule has 1 heterocycles. The van der Waals surface area contributed by atoms with Gasteiger partial charge in [-0.05, 0) is 37.3 Å². The largest absolute Gasteiger partial charge is 0.418 e. The number of nitrogens with one attached hydrogen (secondary N) is 1. The number of hydrogen-bond acceptors (Lipinski definition) is 0. The molecule has 89 valence electrons. The Bertz CT molecular complexity index is 566. The fraction of sp³-hybridized carbons (Fsp3) is 0.308. The minimum atomic E-state index is -4.29. The number of hydrogen-bond donors (Lipinski definition) is 1. The number of aromatic nitrogens is 1. The molecule has 0 unspecified atom stereocenters. The van der Waals surface area contributed by atoms with Crippen LogP contribution in [-0.2, 0) is 19.0 Å². The van der Waals surface area contributed by atoms with Gasteiger partial charge in [0.1, 0.15) is 0 Å². The van der Waals surface area contributed by atoms with Crippen LogP contribution < -0.4 is 0 Å². The zero-order valence-corrected chi connectivity index (χ0v) is 9.06. The average Bonchev–Trinajstić information content (AvgIpc) is 2.65. The molecule has 1 aromatic heterocycles. The summed E-state index contributed by atoms with van der Waals surface area (Å²) in [5.74, 6) is 0. The number of fused-ring (bicyclic) bond motifs is 3. The molecular weight excluding hydrogens is 227 g/mol. The molecule has 0 fully saturated rings. The second kappa shape index (κ2) is 3.52. The Hall–Kier alpha value is -1.45. The molecule has 1 nitrogen and oxygen atoms in total. The van der Waals surface area contributed by atoms with Gasteiger partial charge in [0.05, 0.1) is 11.1 Å². The molecule has 1 N–H and O–H groups in total. The van der Waals surface area contributed by atoms with Crippen molar-refractivity contribution < 1.29 is 13.2 Å². The Balaban J connectivity index is 2.30. The van der Waals surface area contributed by atoms with Crippen molar-refractivity contribution in [2.75, 3.05) is 0 Å². The molecule has 0 amide bonds. The number of para-hydroxylation sites is 1. The van der Waals surface area contributed by atoms with Gasteiger partial charge in [-0.25, -0.2) is 0 Å². The van der Waals surface area contributed by atoms with Crippen molar-refractivity contribution in [1.82, 2.24) is 4.98 Å². The Morgan fingerprint density at radius 1 is 1.18 bits per heavy atom. The third-order valence-electron chi connectivity index (χ3n) is 3.28. The number of H-pyrrole nitrogens is 1. The number of halogens is 3. The molecule has 17 heavy (non-hydrogen) atoms. The Morgan fingerprint density at radius 3 is 2.76 bits per heavy atom. The van der Waals surface area contributed by atoms with E-state index < -0.39 is 11.7 Å². The van der Waals surface area contributed by atoms with Crippen LogP contribution in [0.4, 0.5) is 13.2 Å². The van der Waals surface area contributed by atoms with Crippen LogP contribution in [0.15, 0.2) is 18.2 Å². The molecule has 0 aliphatic heterocycles. The van der Waals surface area contributed by atoms with Gasteiger partial charge in [0.15, 0.2) is 0 Å². The van der Waals surface area contributed by atoms with E-state index in [1.165, 1.54) is 6.07 Å². The van der Waals surface area contributed by atoms with Crippen LogP contribution in [0.2, 0.25) is 0 Å². The molecular formula is C13H11F3N. The minimum absolute atomic E-state index is 0.236. The van der Waals surface area contributed by atoms with Gasteiger partial charge in [0.2, 0.25) is 0 Å². The van der Waals surface area contributed by atoms with E-state index in [1.807, 2.05) is 0 Å². The summed E-state index contributed by atoms with van der Waals surface area (Å²) in [7, 11) is 0. The van der Waals surface area contributed by atoms with Gasteiger partial charge < -0.3 is 4.98 Å². The molecule has 1 aliphatic carbocycles. The van der Waals surface area contributed by atoms with E-state index in [2.05, 4.69) is 11.4 Å². The third kappa shape index (κ3) is 1.63. The molecule has 2 aromatic rings. The highest BCUT2D eigenvalue weighted by atomic mass is 19.4. The van der Waals surface area contributed by atoms with Crippen molar-refractivity contribution in [3.8, 4) is 0 Å². The first-order valence-electron chi connectivity index (χ1n) is 5.58. The van der Waals surface area contributed by atoms with Crippen LogP contribution in [0, 0.1) is 6.42 Å². The summed E-state index contributed by atoms with van der Waals surface area (Å²) in [6.45, 7) is 0. The summed E-state index contributed by atoms with van der Waals surface area (Å²) in [5.41, 5.74) is 1.65. The Morgan fingerprint density at radius 2 is 2.00 bits per heavy atom. The van der Waals surface area contributed by atoms with Crippen LogP contribution in [0.3, 0.4) is 0 Å². The summed E-state index contributed by atoms with van der Waals surface area (Å²) < 4.78 is 38.6. The summed E-state index contributed by atoms with van der Waals surface area (Å²) in [6.07, 6.45) is 0.325. The van der Waals surface area contributed by atoms with E-state index in [1.54, 1.807) is 6.07 Å². The Labute approximate surface area is 96.6 Å². The van der Waals surface area contributed by atoms with E-state index in [0.29, 0.717) is 5.39 Å². The van der Waals surface area contributed by atoms with Crippen LogP contribution >= 0.6 is 0 Å². The van der Waals surface area contributed by atoms with E-state index in [0.717, 1.165) is 36.6 Å². The maximum absolute atomic E-state index is 12.9. The Kier molecular flexibility index (Phi) is 2.21. The van der Waals surface area contributed by atoms with Gasteiger partial charge in [-0.3, -0.25) is 0 Å². The third-order valence-corrected chi connectivity index (χ3v) is 3.28. The maximum atomic E-state index is 12.9. The molecule has 1 aromatic carbocycles. The van der Waals surface area contributed by atoms with Gasteiger partial charge in [-0.1, -0.05) is 12.1 Å². The lowest BCUT2D eigenvalue weighted by molar-refractivity contribution is -0.136. The predicted octanol–water partition coefficient (Wildman–Crippen LogP) is 3.88. The topological polar surface area (TPSA) is 15.8 Å². The van der Waals surface area contributed by atoms with Crippen molar-refractivity contribution in [1.29, 1.82) is 0 Å². The van der Waals surface area contributed by atoms with E-state index in [9.17, 15) is 13.2 Å². The monoisotopic (exact) mass is 238 g/mol. The predicted molar refractivity (Wildman–Crippen MR) is 59.6 cm³/mol. The number of aryl methyl sites for hydroxylation is 1. The van der Waals surface area contributed by atoms with Crippen molar-refractivity contribution >= 4 is 10.9 Å². The maximum Gasteiger partial charge on any atom is 0.418 e. The summed E-state index contributed by atoms with van der Waals surface area (Å²) in [5, 5.41) is 0.714. The van der Waals surface area contributed by atoms with Gasteiger partial charge in [0, 0.05) is 11.1 Å². The van der Waals surface area contributed by atoms with E-state index >= 15 is 0 Å². The highest BCUT2D eigenvalue weighted by Crippen LogP contribution is 2.37. The van der Waals surface area contributed by atoms with Gasteiger partial charge in [0.25, 0.3) is 0 Å². The average molecular weight is 238 g/mol. The summed E-state index contributed by atoms with van der Waals surface area (Å²) in [6, 6.07) is 4.38. The van der Waals surface area contributed by atoms with Crippen LogP contribution in [0.5, 0.6) is 0 Å². The number of benzene rings is 1. The smallest absolute Gasteiger partial charge is 0.358 e. The first-order valence-corrected chi connectivity index (χ1v) is 5.58. The molecule has 1 radical (unpaired) electrons. The second-order valence-electron chi connectivity index (χ2n) is 4.34. The van der Waals surface area contributed by atoms with Crippen molar-refractivity contribution in [2.24, 2.45) is 0 Å². The molecule has 1 aliphatic rings. The molecule has 0 atom stereocenters. The SMILES string of the molecule is FC(F)(F)c1cccc2c3c([nH]c12)CC[CH]C3. The molecule has 0 spiro atoms. The standard InChI is InChI=1S/C13H11F3N/c14-13(15,16)10-6-3-5-9-8-4-1-2-7-11(8)17-12(9)10/h1,3,5-6,17H,2,4,7H2. The quantitative estimate of drug-likeness (QED) is 0.716. The van der Waals surface area contributed by atoms with Crippen LogP contribution in [0.1, 0.15) is 23.2 Å². The lowest BCUT2D eigenvalue weighted by atomic mass is 9.95. The van der Waals surface area contributed by atoms with Crippen molar-refractivity contribution in [3.05, 3.63) is 41.4 Å². The molecule has 0 saturated carbocycles. The van der Waals surface area contributed by atoms with E-state index in [4.69, 9.17) is 0 Å². The van der Waals surface area contributed by atoms with Crippen molar-refractivity contribution in [3.63, 3.8) is 0 Å². The number of alkyl halides is 3. The zero-order valence-electron chi connectivity index (χ0n) is 9.06. The zero-order chi connectivity index (χ0) is 12.0. The minimum Gasteiger partial charge on any atom is -0.358 e. The fourth-order valence-electron chi connectivity index (χ4n) is 2.50. The first-order chi connectivity index (χ1) is 8.07. The number of rotatable bonds is 0.